The molecule has 4 aromatic carbocycles. The van der Waals surface area contributed by atoms with Crippen LogP contribution in [0.4, 0.5) is 0 Å². The summed E-state index contributed by atoms with van der Waals surface area (Å²) in [6.07, 6.45) is 2.50. The van der Waals surface area contributed by atoms with Crippen LogP contribution in [0, 0.1) is 13.8 Å². The monoisotopic (exact) mass is 528 g/mol. The largest absolute Gasteiger partial charge is 0.295 e. The molecule has 0 N–H and O–H groups in total. The predicted molar refractivity (Wildman–Crippen MR) is 174 cm³/mol. The summed E-state index contributed by atoms with van der Waals surface area (Å²) in [5.41, 5.74) is 4.19. The van der Waals surface area contributed by atoms with Gasteiger partial charge in [0.15, 0.2) is 11.6 Å². The van der Waals surface area contributed by atoms with Crippen LogP contribution in [0.3, 0.4) is 0 Å². The molecule has 0 aliphatic rings. The van der Waals surface area contributed by atoms with Crippen molar-refractivity contribution in [3.8, 4) is 0 Å². The molecule has 212 valence electrons. The lowest BCUT2D eigenvalue weighted by Gasteiger charge is -1.89. The minimum atomic E-state index is 0. The van der Waals surface area contributed by atoms with Crippen LogP contribution >= 0.6 is 0 Å². The normalized spacial score (nSPS) is 8.21. The van der Waals surface area contributed by atoms with Gasteiger partial charge in [-0.05, 0) is 27.7 Å². The van der Waals surface area contributed by atoms with E-state index in [9.17, 15) is 9.59 Å². The van der Waals surface area contributed by atoms with E-state index in [1.807, 2.05) is 97.1 Å². The third-order valence-electron chi connectivity index (χ3n) is 4.24. The first kappa shape index (κ1) is 39.7. The second-order valence-corrected chi connectivity index (χ2v) is 8.57. The molecule has 0 aliphatic heterocycles. The number of ketones is 2. The standard InChI is InChI=1S/2C8H8O.2C7H8.2C3H8.CH4/c2*1-7(9)8-5-3-2-4-6-8;2*1-7-5-3-2-4-6-7;2*1-3-2;/h2*2-6H,1H3;2*2-6H,1H3;2*3H2,1-2H3;1H4. The molecule has 0 saturated carbocycles. The quantitative estimate of drug-likeness (QED) is 0.242. The molecular weight excluding hydrogens is 476 g/mol. The number of rotatable bonds is 2. The highest BCUT2D eigenvalue weighted by Crippen LogP contribution is 1.98. The number of Topliss-reactive ketones (excluding diaryl/α,β-unsaturated/α-hetero) is 2. The molecule has 0 unspecified atom stereocenters. The van der Waals surface area contributed by atoms with Crippen LogP contribution < -0.4 is 0 Å². The molecular formula is C37H52O2. The Morgan fingerprint density at radius 1 is 0.436 bits per heavy atom. The maximum absolute atomic E-state index is 10.6. The molecule has 4 rings (SSSR count). The van der Waals surface area contributed by atoms with E-state index in [1.165, 1.54) is 24.0 Å². The number of carbonyl (C=O) groups excluding carboxylic acids is 2. The summed E-state index contributed by atoms with van der Waals surface area (Å²) >= 11 is 0. The maximum Gasteiger partial charge on any atom is 0.159 e. The van der Waals surface area contributed by atoms with Gasteiger partial charge in [-0.1, -0.05) is 180 Å². The smallest absolute Gasteiger partial charge is 0.159 e. The lowest BCUT2D eigenvalue weighted by Crippen LogP contribution is -1.88. The molecule has 0 spiro atoms. The Balaban J connectivity index is -0.000000413. The minimum absolute atomic E-state index is 0. The number of benzene rings is 4. The summed E-state index contributed by atoms with van der Waals surface area (Å²) < 4.78 is 0. The van der Waals surface area contributed by atoms with E-state index in [0.717, 1.165) is 11.1 Å². The number of aryl methyl sites for hydroxylation is 2. The van der Waals surface area contributed by atoms with E-state index in [0.29, 0.717) is 0 Å². The van der Waals surface area contributed by atoms with Crippen molar-refractivity contribution in [1.82, 2.24) is 0 Å². The molecule has 0 amide bonds. The van der Waals surface area contributed by atoms with Crippen molar-refractivity contribution >= 4 is 11.6 Å². The van der Waals surface area contributed by atoms with Crippen molar-refractivity contribution < 1.29 is 9.59 Å². The molecule has 0 fully saturated rings. The van der Waals surface area contributed by atoms with Gasteiger partial charge in [-0.15, -0.1) is 0 Å². The molecule has 0 aliphatic carbocycles. The Labute approximate surface area is 240 Å². The van der Waals surface area contributed by atoms with Crippen LogP contribution in [0.5, 0.6) is 0 Å². The zero-order chi connectivity index (χ0) is 29.0. The zero-order valence-corrected chi connectivity index (χ0v) is 24.8. The summed E-state index contributed by atoms with van der Waals surface area (Å²) in [6, 6.07) is 39.0. The molecule has 0 aromatic heterocycles. The van der Waals surface area contributed by atoms with Crippen LogP contribution in [0.25, 0.3) is 0 Å². The Morgan fingerprint density at radius 2 is 0.615 bits per heavy atom. The highest BCUT2D eigenvalue weighted by Gasteiger charge is 1.93. The van der Waals surface area contributed by atoms with E-state index in [-0.39, 0.29) is 19.0 Å². The summed E-state index contributed by atoms with van der Waals surface area (Å²) in [4.78, 5) is 21.3. The van der Waals surface area contributed by atoms with Gasteiger partial charge in [0.1, 0.15) is 0 Å². The van der Waals surface area contributed by atoms with Gasteiger partial charge in [0.25, 0.3) is 0 Å². The lowest BCUT2D eigenvalue weighted by atomic mass is 10.2. The van der Waals surface area contributed by atoms with Gasteiger partial charge < -0.3 is 0 Å². The fraction of sp³-hybridized carbons (Fsp3) is 0.297. The summed E-state index contributed by atoms with van der Waals surface area (Å²) in [7, 11) is 0. The van der Waals surface area contributed by atoms with Gasteiger partial charge in [0.05, 0.1) is 0 Å². The molecule has 39 heavy (non-hydrogen) atoms. The molecule has 0 saturated heterocycles. The van der Waals surface area contributed by atoms with Crippen molar-refractivity contribution in [2.24, 2.45) is 0 Å². The number of hydrogen-bond acceptors (Lipinski definition) is 2. The third kappa shape index (κ3) is 27.1. The Morgan fingerprint density at radius 3 is 0.718 bits per heavy atom. The van der Waals surface area contributed by atoms with E-state index in [4.69, 9.17) is 0 Å². The van der Waals surface area contributed by atoms with Gasteiger partial charge in [0, 0.05) is 11.1 Å². The van der Waals surface area contributed by atoms with Crippen LogP contribution in [0.2, 0.25) is 0 Å². The molecule has 0 radical (unpaired) electrons. The fourth-order valence-electron chi connectivity index (χ4n) is 2.41. The third-order valence-corrected chi connectivity index (χ3v) is 4.24. The fourth-order valence-corrected chi connectivity index (χ4v) is 2.41. The van der Waals surface area contributed by atoms with E-state index < -0.39 is 0 Å². The van der Waals surface area contributed by atoms with Crippen LogP contribution in [0.15, 0.2) is 121 Å². The first-order chi connectivity index (χ1) is 18.2. The molecule has 0 atom stereocenters. The summed E-state index contributed by atoms with van der Waals surface area (Å²) in [5, 5.41) is 0. The molecule has 4 aromatic rings. The summed E-state index contributed by atoms with van der Waals surface area (Å²) in [6.45, 7) is 15.8. The van der Waals surface area contributed by atoms with Crippen molar-refractivity contribution in [3.63, 3.8) is 0 Å². The topological polar surface area (TPSA) is 34.1 Å². The van der Waals surface area contributed by atoms with E-state index in [2.05, 4.69) is 65.8 Å². The van der Waals surface area contributed by atoms with Gasteiger partial charge in [-0.2, -0.15) is 0 Å². The van der Waals surface area contributed by atoms with Crippen LogP contribution in [0.1, 0.15) is 93.7 Å². The molecule has 2 nitrogen and oxygen atoms in total. The second-order valence-electron chi connectivity index (χ2n) is 8.57. The summed E-state index contributed by atoms with van der Waals surface area (Å²) in [5.74, 6) is 0.242. The van der Waals surface area contributed by atoms with Crippen molar-refractivity contribution in [2.75, 3.05) is 0 Å². The molecule has 0 heterocycles. The van der Waals surface area contributed by atoms with Gasteiger partial charge >= 0.3 is 0 Å². The van der Waals surface area contributed by atoms with Crippen LogP contribution in [-0.2, 0) is 0 Å². The Hall–Kier alpha value is -3.78. The van der Waals surface area contributed by atoms with E-state index >= 15 is 0 Å². The van der Waals surface area contributed by atoms with Gasteiger partial charge in [-0.3, -0.25) is 9.59 Å². The minimum Gasteiger partial charge on any atom is -0.295 e. The number of hydrogen-bond donors (Lipinski definition) is 0. The van der Waals surface area contributed by atoms with Crippen molar-refractivity contribution in [2.45, 2.75) is 75.7 Å². The first-order valence-corrected chi connectivity index (χ1v) is 13.4. The van der Waals surface area contributed by atoms with Gasteiger partial charge in [-0.25, -0.2) is 0 Å². The SMILES string of the molecule is C.CC(=O)c1ccccc1.CC(=O)c1ccccc1.CCC.CCC.Cc1ccccc1.Cc1ccccc1. The highest BCUT2D eigenvalue weighted by molar-refractivity contribution is 5.94. The predicted octanol–water partition coefficient (Wildman–Crippen LogP) is 11.2. The zero-order valence-electron chi connectivity index (χ0n) is 24.8. The average molecular weight is 529 g/mol. The molecule has 2 heteroatoms. The Bertz CT molecular complexity index is 953. The second kappa shape index (κ2) is 28.8. The maximum atomic E-state index is 10.6. The van der Waals surface area contributed by atoms with Crippen molar-refractivity contribution in [3.05, 3.63) is 144 Å². The van der Waals surface area contributed by atoms with Crippen LogP contribution in [-0.4, -0.2) is 11.6 Å². The molecule has 0 bridgehead atoms. The van der Waals surface area contributed by atoms with Gasteiger partial charge in [0.2, 0.25) is 0 Å². The highest BCUT2D eigenvalue weighted by atomic mass is 16.1. The van der Waals surface area contributed by atoms with E-state index in [1.54, 1.807) is 13.8 Å². The van der Waals surface area contributed by atoms with Crippen molar-refractivity contribution in [1.29, 1.82) is 0 Å². The Kier molecular flexibility index (Phi) is 29.3. The number of carbonyl (C=O) groups is 2. The average Bonchev–Trinajstić information content (AvgIpc) is 2.93. The lowest BCUT2D eigenvalue weighted by molar-refractivity contribution is 0.100. The first-order valence-electron chi connectivity index (χ1n) is 13.4.